The Bertz CT molecular complexity index is 804. The van der Waals surface area contributed by atoms with Crippen molar-refractivity contribution in [2.75, 3.05) is 0 Å². The molecule has 1 aromatic carbocycles. The Morgan fingerprint density at radius 3 is 3.00 bits per heavy atom. The normalized spacial score (nSPS) is 13.6. The van der Waals surface area contributed by atoms with Crippen LogP contribution in [0, 0.1) is 0 Å². The van der Waals surface area contributed by atoms with Crippen LogP contribution in [0.1, 0.15) is 15.9 Å². The van der Waals surface area contributed by atoms with E-state index in [2.05, 4.69) is 22.5 Å². The number of carbonyl (C=O) groups is 1. The zero-order valence-electron chi connectivity index (χ0n) is 10.1. The number of hydrogen-bond acceptors (Lipinski definition) is 2. The first kappa shape index (κ1) is 10.3. The summed E-state index contributed by atoms with van der Waals surface area (Å²) in [6.07, 6.45) is 3.72. The highest BCUT2D eigenvalue weighted by atomic mass is 16.1. The van der Waals surface area contributed by atoms with Gasteiger partial charge in [0.15, 0.2) is 0 Å². The monoisotopic (exact) mass is 249 g/mol. The van der Waals surface area contributed by atoms with Gasteiger partial charge in [-0.1, -0.05) is 12.1 Å². The second-order valence-corrected chi connectivity index (χ2v) is 4.63. The van der Waals surface area contributed by atoms with Crippen LogP contribution in [-0.2, 0) is 6.54 Å². The molecule has 4 rings (SSSR count). The predicted octanol–water partition coefficient (Wildman–Crippen LogP) is 2.24. The third kappa shape index (κ3) is 1.46. The van der Waals surface area contributed by atoms with Gasteiger partial charge >= 0.3 is 0 Å². The lowest BCUT2D eigenvalue weighted by Gasteiger charge is -2.07. The minimum absolute atomic E-state index is 0.0160. The van der Waals surface area contributed by atoms with E-state index in [0.717, 1.165) is 27.8 Å². The van der Waals surface area contributed by atoms with E-state index in [1.54, 1.807) is 6.20 Å². The Hall–Kier alpha value is -2.62. The van der Waals surface area contributed by atoms with Crippen molar-refractivity contribution in [1.82, 2.24) is 14.9 Å². The van der Waals surface area contributed by atoms with Gasteiger partial charge in [-0.05, 0) is 41.0 Å². The van der Waals surface area contributed by atoms with Crippen LogP contribution < -0.4 is 5.32 Å². The van der Waals surface area contributed by atoms with Crippen LogP contribution in [0.15, 0.2) is 48.8 Å². The molecule has 3 heterocycles. The van der Waals surface area contributed by atoms with Crippen LogP contribution in [0.4, 0.5) is 0 Å². The Morgan fingerprint density at radius 1 is 1.16 bits per heavy atom. The van der Waals surface area contributed by atoms with Gasteiger partial charge in [0.05, 0.1) is 5.52 Å². The fourth-order valence-electron chi connectivity index (χ4n) is 2.61. The molecular formula is C15H11N3O. The number of hydrogen-bond donors (Lipinski definition) is 1. The van der Waals surface area contributed by atoms with E-state index in [1.807, 2.05) is 35.0 Å². The number of fused-ring (bicyclic) bond motifs is 2. The number of amides is 1. The van der Waals surface area contributed by atoms with Gasteiger partial charge in [-0.15, -0.1) is 0 Å². The summed E-state index contributed by atoms with van der Waals surface area (Å²) in [5.41, 5.74) is 5.13. The second kappa shape index (κ2) is 3.68. The van der Waals surface area contributed by atoms with Gasteiger partial charge in [0.1, 0.15) is 0 Å². The zero-order valence-corrected chi connectivity index (χ0v) is 10.1. The molecule has 1 amide bonds. The summed E-state index contributed by atoms with van der Waals surface area (Å²) in [5.74, 6) is 0.0160. The number of benzene rings is 1. The lowest BCUT2D eigenvalue weighted by Crippen LogP contribution is -2.12. The van der Waals surface area contributed by atoms with E-state index >= 15 is 0 Å². The van der Waals surface area contributed by atoms with E-state index in [-0.39, 0.29) is 5.91 Å². The van der Waals surface area contributed by atoms with Crippen LogP contribution >= 0.6 is 0 Å². The summed E-state index contributed by atoms with van der Waals surface area (Å²) in [4.78, 5) is 11.7. The van der Waals surface area contributed by atoms with Crippen molar-refractivity contribution >= 4 is 11.4 Å². The number of aromatic nitrogens is 2. The first-order chi connectivity index (χ1) is 9.33. The molecule has 4 nitrogen and oxygen atoms in total. The fraction of sp³-hybridized carbons (Fsp3) is 0.0667. The van der Waals surface area contributed by atoms with Crippen molar-refractivity contribution in [1.29, 1.82) is 0 Å². The van der Waals surface area contributed by atoms with E-state index in [4.69, 9.17) is 0 Å². The topological polar surface area (TPSA) is 46.4 Å². The molecule has 3 aromatic rings. The van der Waals surface area contributed by atoms with Gasteiger partial charge in [0.2, 0.25) is 0 Å². The molecule has 1 aliphatic rings. The first-order valence-corrected chi connectivity index (χ1v) is 6.17. The maximum Gasteiger partial charge on any atom is 0.251 e. The highest BCUT2D eigenvalue weighted by Crippen LogP contribution is 2.29. The van der Waals surface area contributed by atoms with E-state index in [9.17, 15) is 4.79 Å². The smallest absolute Gasteiger partial charge is 0.251 e. The average molecular weight is 249 g/mol. The Morgan fingerprint density at radius 2 is 2.05 bits per heavy atom. The highest BCUT2D eigenvalue weighted by molar-refractivity contribution is 6.00. The van der Waals surface area contributed by atoms with Crippen molar-refractivity contribution < 1.29 is 4.79 Å². The maximum absolute atomic E-state index is 11.7. The summed E-state index contributed by atoms with van der Waals surface area (Å²) in [7, 11) is 0. The summed E-state index contributed by atoms with van der Waals surface area (Å²) in [6, 6.07) is 11.9. The summed E-state index contributed by atoms with van der Waals surface area (Å²) >= 11 is 0. The van der Waals surface area contributed by atoms with Gasteiger partial charge in [0.25, 0.3) is 5.91 Å². The molecule has 0 unspecified atom stereocenters. The standard InChI is InChI=1S/C15H11N3O/c19-15-13-3-1-2-12(14(13)9-16-15)10-5-7-18-11(8-10)4-6-17-18/h1-8H,9H2,(H,16,19). The van der Waals surface area contributed by atoms with Crippen molar-refractivity contribution in [2.24, 2.45) is 0 Å². The zero-order chi connectivity index (χ0) is 12.8. The second-order valence-electron chi connectivity index (χ2n) is 4.63. The Balaban J connectivity index is 1.95. The molecule has 4 heteroatoms. The van der Waals surface area contributed by atoms with Crippen molar-refractivity contribution in [3.63, 3.8) is 0 Å². The SMILES string of the molecule is O=C1NCc2c1cccc2-c1ccn2nccc2c1. The molecule has 0 atom stereocenters. The average Bonchev–Trinajstić information content (AvgIpc) is 3.05. The van der Waals surface area contributed by atoms with Crippen molar-refractivity contribution in [2.45, 2.75) is 6.54 Å². The molecule has 1 N–H and O–H groups in total. The molecule has 0 saturated carbocycles. The Kier molecular flexibility index (Phi) is 2.00. The fourth-order valence-corrected chi connectivity index (χ4v) is 2.61. The van der Waals surface area contributed by atoms with Crippen LogP contribution in [0.25, 0.3) is 16.6 Å². The first-order valence-electron chi connectivity index (χ1n) is 6.17. The molecule has 0 spiro atoms. The van der Waals surface area contributed by atoms with Crippen LogP contribution in [0.5, 0.6) is 0 Å². The largest absolute Gasteiger partial charge is 0.348 e. The number of nitrogens with zero attached hydrogens (tertiary/aromatic N) is 2. The molecule has 2 aromatic heterocycles. The van der Waals surface area contributed by atoms with Gasteiger partial charge in [-0.3, -0.25) is 4.79 Å². The molecular weight excluding hydrogens is 238 g/mol. The lowest BCUT2D eigenvalue weighted by molar-refractivity contribution is 0.0966. The molecule has 1 aliphatic heterocycles. The minimum atomic E-state index is 0.0160. The maximum atomic E-state index is 11.7. The quantitative estimate of drug-likeness (QED) is 0.719. The number of rotatable bonds is 1. The summed E-state index contributed by atoms with van der Waals surface area (Å²) in [5, 5.41) is 7.06. The van der Waals surface area contributed by atoms with Gasteiger partial charge < -0.3 is 5.32 Å². The minimum Gasteiger partial charge on any atom is -0.348 e. The Labute approximate surface area is 109 Å². The number of nitrogens with one attached hydrogen (secondary N) is 1. The van der Waals surface area contributed by atoms with Crippen LogP contribution in [0.2, 0.25) is 0 Å². The van der Waals surface area contributed by atoms with Crippen molar-refractivity contribution in [3.05, 3.63) is 59.9 Å². The highest BCUT2D eigenvalue weighted by Gasteiger charge is 2.21. The van der Waals surface area contributed by atoms with Crippen LogP contribution in [-0.4, -0.2) is 15.5 Å². The van der Waals surface area contributed by atoms with Gasteiger partial charge in [0, 0.05) is 24.5 Å². The van der Waals surface area contributed by atoms with E-state index in [1.165, 1.54) is 0 Å². The third-order valence-corrected chi connectivity index (χ3v) is 3.56. The molecule has 19 heavy (non-hydrogen) atoms. The molecule has 0 bridgehead atoms. The molecule has 92 valence electrons. The van der Waals surface area contributed by atoms with Crippen LogP contribution in [0.3, 0.4) is 0 Å². The van der Waals surface area contributed by atoms with E-state index in [0.29, 0.717) is 6.54 Å². The summed E-state index contributed by atoms with van der Waals surface area (Å²) < 4.78 is 1.83. The molecule has 0 radical (unpaired) electrons. The van der Waals surface area contributed by atoms with Crippen molar-refractivity contribution in [3.8, 4) is 11.1 Å². The number of carbonyl (C=O) groups excluding carboxylic acids is 1. The van der Waals surface area contributed by atoms with E-state index < -0.39 is 0 Å². The molecule has 0 fully saturated rings. The third-order valence-electron chi connectivity index (χ3n) is 3.56. The number of pyridine rings is 1. The summed E-state index contributed by atoms with van der Waals surface area (Å²) in [6.45, 7) is 0.606. The molecule has 0 saturated heterocycles. The lowest BCUT2D eigenvalue weighted by atomic mass is 9.97. The molecule has 0 aliphatic carbocycles. The van der Waals surface area contributed by atoms with Gasteiger partial charge in [-0.2, -0.15) is 5.10 Å². The van der Waals surface area contributed by atoms with Gasteiger partial charge in [-0.25, -0.2) is 4.52 Å². The predicted molar refractivity (Wildman–Crippen MR) is 71.8 cm³/mol.